The fourth-order valence-corrected chi connectivity index (χ4v) is 3.10. The lowest BCUT2D eigenvalue weighted by atomic mass is 9.90. The number of halogens is 1. The zero-order chi connectivity index (χ0) is 18.2. The van der Waals surface area contributed by atoms with Crippen LogP contribution in [0.2, 0.25) is 0 Å². The molecule has 6 nitrogen and oxygen atoms in total. The minimum atomic E-state index is -0.642. The maximum atomic E-state index is 13.9. The van der Waals surface area contributed by atoms with E-state index in [-0.39, 0.29) is 23.9 Å². The number of nitrogens with zero attached hydrogens (tertiary/aromatic N) is 3. The molecule has 2 unspecified atom stereocenters. The number of morpholine rings is 1. The largest absolute Gasteiger partial charge is 0.444 e. The maximum Gasteiger partial charge on any atom is 0.411 e. The predicted molar refractivity (Wildman–Crippen MR) is 88.0 cm³/mol. The van der Waals surface area contributed by atoms with E-state index in [0.717, 1.165) is 5.57 Å². The lowest BCUT2D eigenvalue weighted by Crippen LogP contribution is -2.57. The fraction of sp³-hybridized carbons (Fsp3) is 0.500. The SMILES string of the molecule is CC(C)(C)OC(=O)N1C2C=C(c3cnc(C#N)c(F)c3)CC1COC2. The van der Waals surface area contributed by atoms with Gasteiger partial charge in [0.05, 0.1) is 25.3 Å². The average molecular weight is 345 g/mol. The monoisotopic (exact) mass is 345 g/mol. The van der Waals surface area contributed by atoms with Crippen molar-refractivity contribution in [2.75, 3.05) is 13.2 Å². The van der Waals surface area contributed by atoms with Gasteiger partial charge in [-0.15, -0.1) is 0 Å². The lowest BCUT2D eigenvalue weighted by Gasteiger charge is -2.44. The van der Waals surface area contributed by atoms with Crippen LogP contribution in [0.5, 0.6) is 0 Å². The first-order valence-corrected chi connectivity index (χ1v) is 8.14. The van der Waals surface area contributed by atoms with E-state index in [1.165, 1.54) is 12.3 Å². The van der Waals surface area contributed by atoms with Gasteiger partial charge in [0.1, 0.15) is 11.7 Å². The lowest BCUT2D eigenvalue weighted by molar-refractivity contribution is -0.0510. The molecule has 1 aromatic heterocycles. The van der Waals surface area contributed by atoms with Gasteiger partial charge in [0, 0.05) is 6.20 Å². The Morgan fingerprint density at radius 1 is 1.48 bits per heavy atom. The van der Waals surface area contributed by atoms with Crippen molar-refractivity contribution in [3.63, 3.8) is 0 Å². The molecule has 132 valence electrons. The second-order valence-corrected chi connectivity index (χ2v) is 7.21. The van der Waals surface area contributed by atoms with Gasteiger partial charge in [-0.3, -0.25) is 4.90 Å². The van der Waals surface area contributed by atoms with Crippen LogP contribution in [0.15, 0.2) is 18.3 Å². The second kappa shape index (κ2) is 6.45. The molecule has 2 bridgehead atoms. The molecule has 0 aromatic carbocycles. The number of hydrogen-bond acceptors (Lipinski definition) is 5. The summed E-state index contributed by atoms with van der Waals surface area (Å²) >= 11 is 0. The number of aromatic nitrogens is 1. The molecule has 1 fully saturated rings. The molecule has 0 radical (unpaired) electrons. The van der Waals surface area contributed by atoms with Gasteiger partial charge in [-0.25, -0.2) is 14.2 Å². The summed E-state index contributed by atoms with van der Waals surface area (Å²) in [5.74, 6) is -0.642. The van der Waals surface area contributed by atoms with Gasteiger partial charge in [-0.05, 0) is 44.4 Å². The molecule has 25 heavy (non-hydrogen) atoms. The van der Waals surface area contributed by atoms with Crippen molar-refractivity contribution in [3.8, 4) is 6.07 Å². The van der Waals surface area contributed by atoms with Crippen LogP contribution in [0.25, 0.3) is 5.57 Å². The summed E-state index contributed by atoms with van der Waals surface area (Å²) in [6, 6.07) is 2.59. The molecule has 0 N–H and O–H groups in total. The smallest absolute Gasteiger partial charge is 0.411 e. The number of fused-ring (bicyclic) bond motifs is 2. The van der Waals surface area contributed by atoms with E-state index in [1.807, 2.05) is 26.8 Å². The summed E-state index contributed by atoms with van der Waals surface area (Å²) in [4.78, 5) is 18.1. The first-order chi connectivity index (χ1) is 11.8. The Morgan fingerprint density at radius 3 is 2.84 bits per heavy atom. The highest BCUT2D eigenvalue weighted by molar-refractivity contribution is 5.74. The number of hydrogen-bond donors (Lipinski definition) is 0. The van der Waals surface area contributed by atoms with Crippen molar-refractivity contribution in [1.82, 2.24) is 9.88 Å². The molecule has 7 heteroatoms. The number of carbonyl (C=O) groups excluding carboxylic acids is 1. The van der Waals surface area contributed by atoms with E-state index < -0.39 is 11.4 Å². The number of ether oxygens (including phenoxy) is 2. The van der Waals surface area contributed by atoms with E-state index >= 15 is 0 Å². The van der Waals surface area contributed by atoms with Gasteiger partial charge in [0.25, 0.3) is 0 Å². The van der Waals surface area contributed by atoms with Gasteiger partial charge in [-0.2, -0.15) is 5.26 Å². The van der Waals surface area contributed by atoms with Crippen LogP contribution in [0.1, 0.15) is 38.4 Å². The van der Waals surface area contributed by atoms with Crippen molar-refractivity contribution in [2.45, 2.75) is 44.9 Å². The Balaban J connectivity index is 1.88. The normalized spacial score (nSPS) is 22.8. The molecular formula is C18H20FN3O3. The van der Waals surface area contributed by atoms with E-state index in [0.29, 0.717) is 25.2 Å². The Morgan fingerprint density at radius 2 is 2.24 bits per heavy atom. The van der Waals surface area contributed by atoms with Crippen LogP contribution in [0, 0.1) is 17.1 Å². The number of amides is 1. The fourth-order valence-electron chi connectivity index (χ4n) is 3.10. The number of pyridine rings is 1. The van der Waals surface area contributed by atoms with Crippen molar-refractivity contribution >= 4 is 11.7 Å². The predicted octanol–water partition coefficient (Wildman–Crippen LogP) is 2.88. The van der Waals surface area contributed by atoms with Crippen molar-refractivity contribution < 1.29 is 18.7 Å². The van der Waals surface area contributed by atoms with Gasteiger partial charge in [0.2, 0.25) is 0 Å². The molecule has 0 spiro atoms. The van der Waals surface area contributed by atoms with Crippen LogP contribution in [0.4, 0.5) is 9.18 Å². The molecule has 0 saturated carbocycles. The molecule has 2 aliphatic heterocycles. The van der Waals surface area contributed by atoms with Crippen LogP contribution < -0.4 is 0 Å². The highest BCUT2D eigenvalue weighted by Crippen LogP contribution is 2.33. The number of nitriles is 1. The Labute approximate surface area is 145 Å². The average Bonchev–Trinajstić information content (AvgIpc) is 2.51. The standard InChI is InChI=1S/C18H20FN3O3/c1-18(2,3)25-17(23)22-13-4-11(5-14(22)10-24-9-13)12-6-15(19)16(7-20)21-8-12/h4,6,8,13-14H,5,9-10H2,1-3H3. The van der Waals surface area contributed by atoms with Crippen molar-refractivity contribution in [2.24, 2.45) is 0 Å². The molecule has 2 atom stereocenters. The first kappa shape index (κ1) is 17.4. The molecular weight excluding hydrogens is 325 g/mol. The highest BCUT2D eigenvalue weighted by Gasteiger charge is 2.40. The van der Waals surface area contributed by atoms with Crippen LogP contribution in [0.3, 0.4) is 0 Å². The van der Waals surface area contributed by atoms with E-state index in [9.17, 15) is 9.18 Å². The molecule has 3 rings (SSSR count). The molecule has 1 saturated heterocycles. The van der Waals surface area contributed by atoms with Crippen LogP contribution >= 0.6 is 0 Å². The number of carbonyl (C=O) groups is 1. The minimum absolute atomic E-state index is 0.174. The molecule has 1 aromatic rings. The summed E-state index contributed by atoms with van der Waals surface area (Å²) in [7, 11) is 0. The summed E-state index contributed by atoms with van der Waals surface area (Å²) in [6.07, 6.45) is 3.53. The zero-order valence-corrected chi connectivity index (χ0v) is 14.5. The van der Waals surface area contributed by atoms with Crippen LogP contribution in [-0.2, 0) is 9.47 Å². The Kier molecular flexibility index (Phi) is 4.48. The maximum absolute atomic E-state index is 13.9. The third kappa shape index (κ3) is 3.64. The first-order valence-electron chi connectivity index (χ1n) is 8.14. The van der Waals surface area contributed by atoms with Crippen LogP contribution in [-0.4, -0.2) is 46.9 Å². The summed E-state index contributed by atoms with van der Waals surface area (Å²) in [6.45, 7) is 6.25. The Bertz CT molecular complexity index is 764. The minimum Gasteiger partial charge on any atom is -0.444 e. The topological polar surface area (TPSA) is 75.5 Å². The second-order valence-electron chi connectivity index (χ2n) is 7.21. The van der Waals surface area contributed by atoms with E-state index in [1.54, 1.807) is 11.0 Å². The van der Waals surface area contributed by atoms with E-state index in [2.05, 4.69) is 4.98 Å². The van der Waals surface area contributed by atoms with Crippen molar-refractivity contribution in [1.29, 1.82) is 5.26 Å². The summed E-state index contributed by atoms with van der Waals surface area (Å²) in [5, 5.41) is 8.80. The Hall–Kier alpha value is -2.46. The van der Waals surface area contributed by atoms with Gasteiger partial charge in [-0.1, -0.05) is 6.08 Å². The summed E-state index contributed by atoms with van der Waals surface area (Å²) < 4.78 is 24.9. The van der Waals surface area contributed by atoms with Gasteiger partial charge in [0.15, 0.2) is 11.5 Å². The van der Waals surface area contributed by atoms with Crippen molar-refractivity contribution in [3.05, 3.63) is 35.4 Å². The van der Waals surface area contributed by atoms with Gasteiger partial charge >= 0.3 is 6.09 Å². The molecule has 1 amide bonds. The number of rotatable bonds is 1. The summed E-state index contributed by atoms with van der Waals surface area (Å²) in [5.41, 5.74) is 0.724. The molecule has 2 aliphatic rings. The van der Waals surface area contributed by atoms with E-state index in [4.69, 9.17) is 14.7 Å². The highest BCUT2D eigenvalue weighted by atomic mass is 19.1. The third-order valence-corrected chi connectivity index (χ3v) is 4.12. The molecule has 0 aliphatic carbocycles. The quantitative estimate of drug-likeness (QED) is 0.782. The third-order valence-electron chi connectivity index (χ3n) is 4.12. The zero-order valence-electron chi connectivity index (χ0n) is 14.5. The van der Waals surface area contributed by atoms with Gasteiger partial charge < -0.3 is 9.47 Å². The molecule has 3 heterocycles.